The number of aryl methyl sites for hydroxylation is 2. The highest BCUT2D eigenvalue weighted by molar-refractivity contribution is 5.87. The highest BCUT2D eigenvalue weighted by Gasteiger charge is 2.41. The zero-order valence-corrected chi connectivity index (χ0v) is 23.0. The van der Waals surface area contributed by atoms with Crippen LogP contribution in [-0.4, -0.2) is 46.1 Å². The first-order valence-electron chi connectivity index (χ1n) is 14.9. The van der Waals surface area contributed by atoms with Crippen molar-refractivity contribution in [2.24, 2.45) is 5.41 Å². The first-order chi connectivity index (χ1) is 19.1. The van der Waals surface area contributed by atoms with Gasteiger partial charge in [0.25, 0.3) is 0 Å². The van der Waals surface area contributed by atoms with Crippen molar-refractivity contribution >= 4 is 11.9 Å². The number of hydrogen-bond acceptors (Lipinski definition) is 6. The van der Waals surface area contributed by atoms with Gasteiger partial charge in [0, 0.05) is 31.0 Å². The minimum absolute atomic E-state index is 0.113. The summed E-state index contributed by atoms with van der Waals surface area (Å²) in [6.07, 6.45) is 15.8. The summed E-state index contributed by atoms with van der Waals surface area (Å²) in [6.45, 7) is 1.25. The molecule has 3 aliphatic rings. The van der Waals surface area contributed by atoms with E-state index in [0.29, 0.717) is 25.9 Å². The molecule has 1 amide bonds. The zero-order valence-electron chi connectivity index (χ0n) is 23.0. The molecule has 2 heterocycles. The summed E-state index contributed by atoms with van der Waals surface area (Å²) in [5, 5.41) is 20.2. The van der Waals surface area contributed by atoms with Crippen LogP contribution in [0.4, 0.5) is 0 Å². The molecule has 2 aromatic rings. The Morgan fingerprint density at radius 3 is 2.13 bits per heavy atom. The fraction of sp³-hybridized carbons (Fsp3) is 0.613. The number of amides is 1. The summed E-state index contributed by atoms with van der Waals surface area (Å²) in [4.78, 5) is 35.1. The fourth-order valence-electron chi connectivity index (χ4n) is 6.80. The minimum Gasteiger partial charge on any atom is -0.480 e. The van der Waals surface area contributed by atoms with Crippen LogP contribution in [0.15, 0.2) is 36.7 Å². The second-order valence-electron chi connectivity index (χ2n) is 11.7. The third kappa shape index (κ3) is 6.67. The quantitative estimate of drug-likeness (QED) is 0.316. The highest BCUT2D eigenvalue weighted by Crippen LogP contribution is 2.38. The fourth-order valence-corrected chi connectivity index (χ4v) is 6.80. The molecule has 0 aliphatic heterocycles. The number of rotatable bonds is 11. The third-order valence-corrected chi connectivity index (χ3v) is 9.03. The third-order valence-electron chi connectivity index (χ3n) is 9.03. The summed E-state index contributed by atoms with van der Waals surface area (Å²) >= 11 is 0. The zero-order chi connectivity index (χ0) is 27.1. The molecule has 3 unspecified atom stereocenters. The van der Waals surface area contributed by atoms with Crippen molar-refractivity contribution in [3.8, 4) is 0 Å². The van der Waals surface area contributed by atoms with Crippen molar-refractivity contribution < 1.29 is 14.7 Å². The van der Waals surface area contributed by atoms with Gasteiger partial charge in [-0.05, 0) is 94.0 Å². The Morgan fingerprint density at radius 2 is 1.51 bits per heavy atom. The second-order valence-corrected chi connectivity index (χ2v) is 11.7. The number of pyridine rings is 2. The van der Waals surface area contributed by atoms with Crippen LogP contribution < -0.4 is 16.0 Å². The van der Waals surface area contributed by atoms with Crippen LogP contribution in [0.25, 0.3) is 0 Å². The van der Waals surface area contributed by atoms with Gasteiger partial charge in [-0.25, -0.2) is 4.79 Å². The van der Waals surface area contributed by atoms with Crippen LogP contribution in [0.3, 0.4) is 0 Å². The van der Waals surface area contributed by atoms with Crippen LogP contribution in [-0.2, 0) is 22.4 Å². The van der Waals surface area contributed by atoms with Gasteiger partial charge in [-0.2, -0.15) is 0 Å². The topological polar surface area (TPSA) is 116 Å². The number of aliphatic carboxylic acids is 1. The molecule has 1 fully saturated rings. The van der Waals surface area contributed by atoms with Crippen molar-refractivity contribution in [2.45, 2.75) is 102 Å². The Bertz CT molecular complexity index is 1130. The molecule has 0 saturated heterocycles. The maximum absolute atomic E-state index is 13.7. The lowest BCUT2D eigenvalue weighted by Crippen LogP contribution is -2.53. The Hall–Kier alpha value is -2.84. The van der Waals surface area contributed by atoms with E-state index in [9.17, 15) is 14.7 Å². The first-order valence-corrected chi connectivity index (χ1v) is 14.9. The van der Waals surface area contributed by atoms with E-state index in [1.165, 1.54) is 11.1 Å². The molecule has 3 atom stereocenters. The predicted octanol–water partition coefficient (Wildman–Crippen LogP) is 4.41. The SMILES string of the molecule is O=C(O)C(CCCNC1CCCc2cccnc21)NC(=O)C1(CNC2CCCc3cccnc32)CCCCC1. The van der Waals surface area contributed by atoms with Crippen molar-refractivity contribution in [1.82, 2.24) is 25.9 Å². The van der Waals surface area contributed by atoms with Gasteiger partial charge in [0.1, 0.15) is 6.04 Å². The molecule has 3 aliphatic carbocycles. The van der Waals surface area contributed by atoms with E-state index in [4.69, 9.17) is 0 Å². The van der Waals surface area contributed by atoms with Gasteiger partial charge in [-0.1, -0.05) is 31.4 Å². The number of fused-ring (bicyclic) bond motifs is 2. The Balaban J connectivity index is 1.17. The van der Waals surface area contributed by atoms with Gasteiger partial charge in [0.15, 0.2) is 0 Å². The average molecular weight is 534 g/mol. The van der Waals surface area contributed by atoms with E-state index in [1.54, 1.807) is 0 Å². The lowest BCUT2D eigenvalue weighted by Gasteiger charge is -2.38. The molecular weight excluding hydrogens is 490 g/mol. The molecule has 0 spiro atoms. The van der Waals surface area contributed by atoms with E-state index < -0.39 is 17.4 Å². The van der Waals surface area contributed by atoms with Gasteiger partial charge in [-0.15, -0.1) is 0 Å². The number of carboxylic acid groups (broad SMARTS) is 1. The Kier molecular flexibility index (Phi) is 9.24. The predicted molar refractivity (Wildman–Crippen MR) is 150 cm³/mol. The molecule has 1 saturated carbocycles. The number of carbonyl (C=O) groups excluding carboxylic acids is 1. The maximum atomic E-state index is 13.7. The van der Waals surface area contributed by atoms with E-state index in [0.717, 1.165) is 82.0 Å². The van der Waals surface area contributed by atoms with Gasteiger partial charge >= 0.3 is 5.97 Å². The number of nitrogens with one attached hydrogen (secondary N) is 3. The first kappa shape index (κ1) is 27.7. The Labute approximate surface area is 231 Å². The maximum Gasteiger partial charge on any atom is 0.326 e. The molecule has 5 rings (SSSR count). The minimum atomic E-state index is -0.961. The smallest absolute Gasteiger partial charge is 0.326 e. The van der Waals surface area contributed by atoms with Crippen molar-refractivity contribution in [1.29, 1.82) is 0 Å². The largest absolute Gasteiger partial charge is 0.480 e. The molecular formula is C31H43N5O3. The number of carboxylic acids is 1. The standard InChI is InChI=1S/C31H43N5O3/c37-29(38)26(15-8-18-32-24-13-4-9-22-11-6-19-33-27(22)24)36-30(39)31(16-2-1-3-17-31)21-35-25-14-5-10-23-12-7-20-34-28(23)25/h6-7,11-12,19-20,24-26,32,35H,1-5,8-10,13-18,21H2,(H,36,39)(H,37,38). The lowest BCUT2D eigenvalue weighted by atomic mass is 9.72. The summed E-state index contributed by atoms with van der Waals surface area (Å²) < 4.78 is 0. The molecule has 4 N–H and O–H groups in total. The summed E-state index contributed by atoms with van der Waals surface area (Å²) in [6, 6.07) is 7.74. The molecule has 0 aromatic carbocycles. The number of nitrogens with zero attached hydrogens (tertiary/aromatic N) is 2. The highest BCUT2D eigenvalue weighted by atomic mass is 16.4. The lowest BCUT2D eigenvalue weighted by molar-refractivity contribution is -0.144. The normalized spacial score (nSPS) is 22.8. The van der Waals surface area contributed by atoms with Crippen LogP contribution in [0.2, 0.25) is 0 Å². The molecule has 8 nitrogen and oxygen atoms in total. The van der Waals surface area contributed by atoms with E-state index in [2.05, 4.69) is 38.1 Å². The van der Waals surface area contributed by atoms with E-state index >= 15 is 0 Å². The van der Waals surface area contributed by atoms with Crippen molar-refractivity contribution in [3.63, 3.8) is 0 Å². The van der Waals surface area contributed by atoms with Crippen LogP contribution in [0, 0.1) is 5.41 Å². The second kappa shape index (κ2) is 13.0. The summed E-state index contributed by atoms with van der Waals surface area (Å²) in [7, 11) is 0. The molecule has 2 aromatic heterocycles. The molecule has 0 radical (unpaired) electrons. The molecule has 8 heteroatoms. The van der Waals surface area contributed by atoms with E-state index in [-0.39, 0.29) is 18.0 Å². The van der Waals surface area contributed by atoms with Gasteiger partial charge < -0.3 is 21.1 Å². The van der Waals surface area contributed by atoms with Gasteiger partial charge in [-0.3, -0.25) is 14.8 Å². The summed E-state index contributed by atoms with van der Waals surface area (Å²) in [5.74, 6) is -1.07. The number of hydrogen-bond donors (Lipinski definition) is 4. The number of aromatic nitrogens is 2. The van der Waals surface area contributed by atoms with E-state index in [1.807, 2.05) is 24.5 Å². The molecule has 0 bridgehead atoms. The van der Waals surface area contributed by atoms with Crippen molar-refractivity contribution in [2.75, 3.05) is 13.1 Å². The number of carbonyl (C=O) groups is 2. The Morgan fingerprint density at radius 1 is 0.897 bits per heavy atom. The van der Waals surface area contributed by atoms with Crippen molar-refractivity contribution in [3.05, 3.63) is 59.2 Å². The average Bonchev–Trinajstić information content (AvgIpc) is 2.98. The van der Waals surface area contributed by atoms with Crippen LogP contribution in [0.5, 0.6) is 0 Å². The van der Waals surface area contributed by atoms with Gasteiger partial charge in [0.2, 0.25) is 5.91 Å². The van der Waals surface area contributed by atoms with Gasteiger partial charge in [0.05, 0.1) is 16.8 Å². The monoisotopic (exact) mass is 533 g/mol. The van der Waals surface area contributed by atoms with Crippen LogP contribution >= 0.6 is 0 Å². The molecule has 210 valence electrons. The van der Waals surface area contributed by atoms with Crippen LogP contribution in [0.1, 0.15) is 105 Å². The molecule has 39 heavy (non-hydrogen) atoms. The summed E-state index contributed by atoms with van der Waals surface area (Å²) in [5.41, 5.74) is 4.23.